The van der Waals surface area contributed by atoms with Gasteiger partial charge in [0.15, 0.2) is 0 Å². The summed E-state index contributed by atoms with van der Waals surface area (Å²) in [5, 5.41) is 14.0. The molecule has 2 aromatic carbocycles. The Morgan fingerprint density at radius 1 is 1.00 bits per heavy atom. The molecular weight excluding hydrogens is 359 g/mol. The monoisotopic (exact) mass is 378 g/mol. The number of rotatable bonds is 4. The van der Waals surface area contributed by atoms with Gasteiger partial charge in [-0.3, -0.25) is 4.79 Å². The Bertz CT molecular complexity index is 787. The van der Waals surface area contributed by atoms with Crippen molar-refractivity contribution in [1.29, 1.82) is 0 Å². The molecule has 1 fully saturated rings. The normalized spacial score (nSPS) is 20.3. The molecule has 1 amide bonds. The Hall–Kier alpha value is -1.75. The van der Waals surface area contributed by atoms with Crippen molar-refractivity contribution in [3.05, 3.63) is 52.0 Å². The van der Waals surface area contributed by atoms with Gasteiger partial charge in [0, 0.05) is 11.7 Å². The fraction of sp³-hybridized carbons (Fsp3) is 0.316. The number of nitrogens with one attached hydrogen (secondary N) is 1. The van der Waals surface area contributed by atoms with Gasteiger partial charge < -0.3 is 16.2 Å². The van der Waals surface area contributed by atoms with Gasteiger partial charge in [-0.2, -0.15) is 0 Å². The van der Waals surface area contributed by atoms with Crippen molar-refractivity contribution in [2.45, 2.75) is 37.8 Å². The summed E-state index contributed by atoms with van der Waals surface area (Å²) in [6.45, 7) is 0. The SMILES string of the molecule is NC(=O)c1cc(-c2ccc(Cl)c(Cl)c2)ccc1NC1CCC(O)CC1. The van der Waals surface area contributed by atoms with Gasteiger partial charge >= 0.3 is 0 Å². The number of hydrogen-bond donors (Lipinski definition) is 3. The second kappa shape index (κ2) is 7.65. The lowest BCUT2D eigenvalue weighted by molar-refractivity contribution is 0.100. The number of primary amides is 1. The minimum absolute atomic E-state index is 0.217. The minimum Gasteiger partial charge on any atom is -0.393 e. The predicted molar refractivity (Wildman–Crippen MR) is 102 cm³/mol. The van der Waals surface area contributed by atoms with E-state index in [0.29, 0.717) is 15.6 Å². The molecule has 25 heavy (non-hydrogen) atoms. The third-order valence-corrected chi connectivity index (χ3v) is 5.33. The van der Waals surface area contributed by atoms with E-state index in [4.69, 9.17) is 28.9 Å². The maximum atomic E-state index is 11.9. The number of carbonyl (C=O) groups is 1. The first-order chi connectivity index (χ1) is 11.9. The first kappa shape index (κ1) is 18.1. The maximum absolute atomic E-state index is 11.9. The van der Waals surface area contributed by atoms with Crippen LogP contribution in [-0.2, 0) is 0 Å². The highest BCUT2D eigenvalue weighted by Crippen LogP contribution is 2.31. The van der Waals surface area contributed by atoms with Crippen molar-refractivity contribution < 1.29 is 9.90 Å². The number of benzene rings is 2. The van der Waals surface area contributed by atoms with Crippen molar-refractivity contribution in [2.75, 3.05) is 5.32 Å². The molecule has 3 rings (SSSR count). The Morgan fingerprint density at radius 2 is 1.64 bits per heavy atom. The Kier molecular flexibility index (Phi) is 5.52. The molecule has 0 radical (unpaired) electrons. The summed E-state index contributed by atoms with van der Waals surface area (Å²) in [5.41, 5.74) is 8.45. The average Bonchev–Trinajstić information content (AvgIpc) is 2.59. The zero-order valence-electron chi connectivity index (χ0n) is 13.6. The summed E-state index contributed by atoms with van der Waals surface area (Å²) in [7, 11) is 0. The van der Waals surface area contributed by atoms with Gasteiger partial charge in [0.25, 0.3) is 5.91 Å². The lowest BCUT2D eigenvalue weighted by atomic mass is 9.92. The molecule has 132 valence electrons. The minimum atomic E-state index is -0.486. The number of nitrogens with two attached hydrogens (primary N) is 1. The van der Waals surface area contributed by atoms with E-state index >= 15 is 0 Å². The first-order valence-corrected chi connectivity index (χ1v) is 9.03. The molecule has 0 aromatic heterocycles. The van der Waals surface area contributed by atoms with E-state index in [0.717, 1.165) is 42.5 Å². The summed E-state index contributed by atoms with van der Waals surface area (Å²) in [4.78, 5) is 11.9. The number of amides is 1. The molecule has 6 heteroatoms. The smallest absolute Gasteiger partial charge is 0.250 e. The van der Waals surface area contributed by atoms with Gasteiger partial charge in [-0.25, -0.2) is 0 Å². The summed E-state index contributed by atoms with van der Waals surface area (Å²) in [6.07, 6.45) is 3.06. The van der Waals surface area contributed by atoms with Gasteiger partial charge in [0.2, 0.25) is 0 Å². The van der Waals surface area contributed by atoms with E-state index < -0.39 is 5.91 Å². The van der Waals surface area contributed by atoms with E-state index in [2.05, 4.69) is 5.32 Å². The number of hydrogen-bond acceptors (Lipinski definition) is 3. The van der Waals surface area contributed by atoms with Gasteiger partial charge in [0.1, 0.15) is 0 Å². The molecule has 4 nitrogen and oxygen atoms in total. The quantitative estimate of drug-likeness (QED) is 0.734. The summed E-state index contributed by atoms with van der Waals surface area (Å²) in [5.74, 6) is -0.486. The van der Waals surface area contributed by atoms with Crippen molar-refractivity contribution in [3.63, 3.8) is 0 Å². The van der Waals surface area contributed by atoms with Crippen LogP contribution in [0.25, 0.3) is 11.1 Å². The highest BCUT2D eigenvalue weighted by Gasteiger charge is 2.21. The van der Waals surface area contributed by atoms with Crippen LogP contribution in [0.3, 0.4) is 0 Å². The third kappa shape index (κ3) is 4.27. The molecule has 0 heterocycles. The van der Waals surface area contributed by atoms with Crippen LogP contribution in [0.4, 0.5) is 5.69 Å². The Labute approximate surface area is 156 Å². The molecule has 4 N–H and O–H groups in total. The van der Waals surface area contributed by atoms with Crippen LogP contribution >= 0.6 is 23.2 Å². The van der Waals surface area contributed by atoms with Crippen LogP contribution < -0.4 is 11.1 Å². The summed E-state index contributed by atoms with van der Waals surface area (Å²) < 4.78 is 0. The number of aliphatic hydroxyl groups excluding tert-OH is 1. The molecule has 2 aromatic rings. The number of anilines is 1. The van der Waals surface area contributed by atoms with Crippen molar-refractivity contribution in [1.82, 2.24) is 0 Å². The molecule has 0 bridgehead atoms. The molecule has 1 saturated carbocycles. The number of carbonyl (C=O) groups excluding carboxylic acids is 1. The lowest BCUT2D eigenvalue weighted by Gasteiger charge is -2.27. The highest BCUT2D eigenvalue weighted by atomic mass is 35.5. The fourth-order valence-electron chi connectivity index (χ4n) is 3.17. The van der Waals surface area contributed by atoms with Crippen molar-refractivity contribution >= 4 is 34.8 Å². The van der Waals surface area contributed by atoms with E-state index in [1.807, 2.05) is 18.2 Å². The largest absolute Gasteiger partial charge is 0.393 e. The number of aliphatic hydroxyl groups is 1. The zero-order chi connectivity index (χ0) is 18.0. The number of halogens is 2. The maximum Gasteiger partial charge on any atom is 0.250 e. The lowest BCUT2D eigenvalue weighted by Crippen LogP contribution is -2.29. The molecule has 1 aliphatic rings. The van der Waals surface area contributed by atoms with E-state index in [1.165, 1.54) is 0 Å². The molecular formula is C19H20Cl2N2O2. The Morgan fingerprint density at radius 3 is 2.28 bits per heavy atom. The molecule has 0 spiro atoms. The van der Waals surface area contributed by atoms with E-state index in [-0.39, 0.29) is 12.1 Å². The van der Waals surface area contributed by atoms with Gasteiger partial charge in [0.05, 0.1) is 21.7 Å². The molecule has 0 unspecified atom stereocenters. The summed E-state index contributed by atoms with van der Waals surface area (Å²) in [6, 6.07) is 11.1. The standard InChI is InChI=1S/C19H20Cl2N2O2/c20-16-7-1-12(10-17(16)21)11-2-8-18(15(9-11)19(22)25)23-13-3-5-14(24)6-4-13/h1-2,7-10,13-14,23-24H,3-6H2,(H2,22,25). The average molecular weight is 379 g/mol. The van der Waals surface area contributed by atoms with Crippen LogP contribution in [0.5, 0.6) is 0 Å². The van der Waals surface area contributed by atoms with Crippen LogP contribution in [0.15, 0.2) is 36.4 Å². The predicted octanol–water partition coefficient (Wildman–Crippen LogP) is 4.47. The van der Waals surface area contributed by atoms with Crippen molar-refractivity contribution in [2.24, 2.45) is 5.73 Å². The highest BCUT2D eigenvalue weighted by molar-refractivity contribution is 6.42. The second-order valence-electron chi connectivity index (χ2n) is 6.40. The van der Waals surface area contributed by atoms with Crippen LogP contribution in [0, 0.1) is 0 Å². The molecule has 0 aliphatic heterocycles. The van der Waals surface area contributed by atoms with Crippen molar-refractivity contribution in [3.8, 4) is 11.1 Å². The second-order valence-corrected chi connectivity index (χ2v) is 7.22. The van der Waals surface area contributed by atoms with Crippen LogP contribution in [-0.4, -0.2) is 23.2 Å². The molecule has 0 saturated heterocycles. The first-order valence-electron chi connectivity index (χ1n) is 8.28. The van der Waals surface area contributed by atoms with Gasteiger partial charge in [-0.15, -0.1) is 0 Å². The van der Waals surface area contributed by atoms with E-state index in [9.17, 15) is 9.90 Å². The molecule has 0 atom stereocenters. The Balaban J connectivity index is 1.87. The molecule has 1 aliphatic carbocycles. The third-order valence-electron chi connectivity index (χ3n) is 4.59. The fourth-order valence-corrected chi connectivity index (χ4v) is 3.47. The zero-order valence-corrected chi connectivity index (χ0v) is 15.1. The van der Waals surface area contributed by atoms with E-state index in [1.54, 1.807) is 18.2 Å². The summed E-state index contributed by atoms with van der Waals surface area (Å²) >= 11 is 12.0. The van der Waals surface area contributed by atoms with Crippen LogP contribution in [0.1, 0.15) is 36.0 Å². The van der Waals surface area contributed by atoms with Crippen LogP contribution in [0.2, 0.25) is 10.0 Å². The van der Waals surface area contributed by atoms with Gasteiger partial charge in [-0.1, -0.05) is 35.3 Å². The topological polar surface area (TPSA) is 75.4 Å². The van der Waals surface area contributed by atoms with Gasteiger partial charge in [-0.05, 0) is 61.1 Å².